The van der Waals surface area contributed by atoms with E-state index in [9.17, 15) is 13.2 Å². The molecular formula is C22H22N4O4S3. The Balaban J connectivity index is 1.35. The van der Waals surface area contributed by atoms with Crippen molar-refractivity contribution in [1.82, 2.24) is 14.3 Å². The third-order valence-electron chi connectivity index (χ3n) is 5.38. The molecule has 0 saturated carbocycles. The van der Waals surface area contributed by atoms with E-state index in [2.05, 4.69) is 15.3 Å². The monoisotopic (exact) mass is 502 g/mol. The Morgan fingerprint density at radius 1 is 1.06 bits per heavy atom. The number of rotatable bonds is 4. The van der Waals surface area contributed by atoms with Gasteiger partial charge in [0.1, 0.15) is 5.52 Å². The van der Waals surface area contributed by atoms with Gasteiger partial charge in [0.05, 0.1) is 37.0 Å². The van der Waals surface area contributed by atoms with Gasteiger partial charge in [0.2, 0.25) is 10.0 Å². The van der Waals surface area contributed by atoms with Crippen molar-refractivity contribution < 1.29 is 17.9 Å². The van der Waals surface area contributed by atoms with Crippen molar-refractivity contribution in [3.05, 3.63) is 47.0 Å². The van der Waals surface area contributed by atoms with Crippen LogP contribution in [0.2, 0.25) is 0 Å². The zero-order valence-corrected chi connectivity index (χ0v) is 20.7. The summed E-state index contributed by atoms with van der Waals surface area (Å²) in [7, 11) is -3.66. The van der Waals surface area contributed by atoms with Gasteiger partial charge in [-0.1, -0.05) is 11.3 Å². The second kappa shape index (κ2) is 8.41. The molecule has 0 spiro atoms. The van der Waals surface area contributed by atoms with Crippen molar-refractivity contribution in [2.24, 2.45) is 0 Å². The molecule has 0 unspecified atom stereocenters. The Labute approximate surface area is 199 Å². The van der Waals surface area contributed by atoms with E-state index in [-0.39, 0.29) is 23.0 Å². The van der Waals surface area contributed by atoms with Gasteiger partial charge in [-0.25, -0.2) is 18.4 Å². The van der Waals surface area contributed by atoms with Crippen molar-refractivity contribution >= 4 is 64.2 Å². The number of carbonyl (C=O) groups excluding carboxylic acids is 1. The maximum absolute atomic E-state index is 13.0. The number of aromatic nitrogens is 2. The van der Waals surface area contributed by atoms with Crippen LogP contribution in [-0.2, 0) is 14.8 Å². The lowest BCUT2D eigenvalue weighted by Gasteiger charge is -2.34. The Morgan fingerprint density at radius 3 is 2.45 bits per heavy atom. The molecule has 1 N–H and O–H groups in total. The van der Waals surface area contributed by atoms with Crippen LogP contribution in [0, 0.1) is 6.92 Å². The van der Waals surface area contributed by atoms with E-state index in [1.54, 1.807) is 11.3 Å². The molecule has 1 aliphatic heterocycles. The first-order valence-electron chi connectivity index (χ1n) is 10.4. The van der Waals surface area contributed by atoms with Gasteiger partial charge in [-0.15, -0.1) is 11.3 Å². The number of fused-ring (bicyclic) bond motifs is 3. The topological polar surface area (TPSA) is 101 Å². The molecule has 1 amide bonds. The van der Waals surface area contributed by atoms with Crippen LogP contribution in [0.3, 0.4) is 0 Å². The van der Waals surface area contributed by atoms with Crippen LogP contribution in [0.1, 0.15) is 29.2 Å². The lowest BCUT2D eigenvalue weighted by Crippen LogP contribution is -2.48. The number of thiazole rings is 2. The molecule has 1 aliphatic rings. The zero-order chi connectivity index (χ0) is 23.3. The highest BCUT2D eigenvalue weighted by Crippen LogP contribution is 2.34. The number of nitrogens with zero attached hydrogens (tertiary/aromatic N) is 3. The Kier molecular flexibility index (Phi) is 5.69. The average Bonchev–Trinajstić information content (AvgIpc) is 3.35. The second-order valence-corrected chi connectivity index (χ2v) is 12.2. The number of sulfonamides is 1. The Bertz CT molecular complexity index is 1450. The first-order chi connectivity index (χ1) is 15.7. The van der Waals surface area contributed by atoms with Gasteiger partial charge < -0.3 is 4.74 Å². The van der Waals surface area contributed by atoms with Crippen LogP contribution in [0.15, 0.2) is 41.3 Å². The molecular weight excluding hydrogens is 480 g/mol. The molecule has 2 aromatic heterocycles. The number of amides is 1. The molecule has 1 saturated heterocycles. The number of hydrogen-bond donors (Lipinski definition) is 1. The van der Waals surface area contributed by atoms with Gasteiger partial charge in [0, 0.05) is 18.7 Å². The molecule has 2 aromatic carbocycles. The fourth-order valence-electron chi connectivity index (χ4n) is 3.96. The molecule has 2 atom stereocenters. The predicted molar refractivity (Wildman–Crippen MR) is 131 cm³/mol. The minimum atomic E-state index is -3.66. The van der Waals surface area contributed by atoms with Crippen LogP contribution < -0.4 is 5.32 Å². The van der Waals surface area contributed by atoms with Gasteiger partial charge in [-0.2, -0.15) is 4.31 Å². The zero-order valence-electron chi connectivity index (χ0n) is 18.2. The smallest absolute Gasteiger partial charge is 0.257 e. The molecule has 5 rings (SSSR count). The molecule has 0 radical (unpaired) electrons. The number of anilines is 1. The number of morpholine rings is 1. The number of ether oxygens (including phenoxy) is 1. The van der Waals surface area contributed by atoms with Crippen molar-refractivity contribution in [2.75, 3.05) is 18.4 Å². The maximum atomic E-state index is 13.0. The van der Waals surface area contributed by atoms with Gasteiger partial charge in [-0.05, 0) is 57.2 Å². The number of carbonyl (C=O) groups is 1. The summed E-state index contributed by atoms with van der Waals surface area (Å²) in [5.41, 5.74) is 2.03. The third kappa shape index (κ3) is 4.26. The summed E-state index contributed by atoms with van der Waals surface area (Å²) in [6, 6.07) is 9.89. The van der Waals surface area contributed by atoms with Crippen molar-refractivity contribution in [3.63, 3.8) is 0 Å². The summed E-state index contributed by atoms with van der Waals surface area (Å²) in [6.07, 6.45) is -0.339. The first kappa shape index (κ1) is 22.4. The van der Waals surface area contributed by atoms with E-state index in [1.807, 2.05) is 32.9 Å². The van der Waals surface area contributed by atoms with Gasteiger partial charge in [0.25, 0.3) is 5.91 Å². The van der Waals surface area contributed by atoms with E-state index in [0.717, 1.165) is 25.4 Å². The minimum Gasteiger partial charge on any atom is -0.373 e. The quantitative estimate of drug-likeness (QED) is 0.447. The maximum Gasteiger partial charge on any atom is 0.257 e. The van der Waals surface area contributed by atoms with E-state index >= 15 is 0 Å². The number of nitrogens with one attached hydrogen (secondary N) is 1. The molecule has 0 aliphatic carbocycles. The molecule has 1 fully saturated rings. The molecule has 172 valence electrons. The van der Waals surface area contributed by atoms with Crippen LogP contribution in [-0.4, -0.2) is 53.9 Å². The molecule has 3 heterocycles. The van der Waals surface area contributed by atoms with Crippen molar-refractivity contribution in [1.29, 1.82) is 0 Å². The van der Waals surface area contributed by atoms with Gasteiger partial charge in [0.15, 0.2) is 5.13 Å². The minimum absolute atomic E-state index is 0.154. The summed E-state index contributed by atoms with van der Waals surface area (Å²) in [4.78, 5) is 22.0. The van der Waals surface area contributed by atoms with E-state index in [4.69, 9.17) is 4.74 Å². The van der Waals surface area contributed by atoms with E-state index in [0.29, 0.717) is 23.8 Å². The van der Waals surface area contributed by atoms with Gasteiger partial charge >= 0.3 is 0 Å². The van der Waals surface area contributed by atoms with E-state index < -0.39 is 10.0 Å². The predicted octanol–water partition coefficient (Wildman–Crippen LogP) is 4.26. The van der Waals surface area contributed by atoms with Crippen LogP contribution >= 0.6 is 22.7 Å². The highest BCUT2D eigenvalue weighted by atomic mass is 32.2. The second-order valence-electron chi connectivity index (χ2n) is 8.07. The molecule has 11 heteroatoms. The van der Waals surface area contributed by atoms with Crippen molar-refractivity contribution in [3.8, 4) is 0 Å². The Hall–Kier alpha value is -2.44. The Morgan fingerprint density at radius 2 is 1.76 bits per heavy atom. The summed E-state index contributed by atoms with van der Waals surface area (Å²) in [5.74, 6) is -0.350. The number of benzene rings is 2. The number of hydrogen-bond acceptors (Lipinski definition) is 8. The fourth-order valence-corrected chi connectivity index (χ4v) is 7.41. The summed E-state index contributed by atoms with van der Waals surface area (Å²) < 4.78 is 35.1. The highest BCUT2D eigenvalue weighted by Gasteiger charge is 2.32. The number of aryl methyl sites for hydroxylation is 1. The van der Waals surface area contributed by atoms with Crippen LogP contribution in [0.25, 0.3) is 20.4 Å². The normalized spacial score (nSPS) is 19.8. The lowest BCUT2D eigenvalue weighted by molar-refractivity contribution is -0.0440. The summed E-state index contributed by atoms with van der Waals surface area (Å²) in [6.45, 7) is 6.28. The largest absolute Gasteiger partial charge is 0.373 e. The molecule has 8 nitrogen and oxygen atoms in total. The lowest BCUT2D eigenvalue weighted by atomic mass is 10.2. The highest BCUT2D eigenvalue weighted by molar-refractivity contribution is 7.89. The first-order valence-corrected chi connectivity index (χ1v) is 13.5. The molecule has 33 heavy (non-hydrogen) atoms. The summed E-state index contributed by atoms with van der Waals surface area (Å²) >= 11 is 3.00. The SMILES string of the molecule is Cc1nc2c(ccc3nc(NC(=O)c4ccc(S(=O)(=O)N5C[C@@H](C)O[C@@H](C)C5)cc4)sc32)s1. The molecule has 0 bridgehead atoms. The van der Waals surface area contributed by atoms with Crippen LogP contribution in [0.5, 0.6) is 0 Å². The summed E-state index contributed by atoms with van der Waals surface area (Å²) in [5, 5.41) is 4.27. The van der Waals surface area contributed by atoms with Crippen molar-refractivity contribution in [2.45, 2.75) is 37.9 Å². The molecule has 4 aromatic rings. The fraction of sp³-hybridized carbons (Fsp3) is 0.318. The third-order valence-corrected chi connectivity index (χ3v) is 9.16. The average molecular weight is 503 g/mol. The standard InChI is InChI=1S/C22H22N4O4S3/c1-12-10-26(11-13(2)30-12)33(28,29)16-6-4-15(5-7-16)21(27)25-22-24-17-8-9-18-19(20(17)32-22)23-14(3)31-18/h4-9,12-13H,10-11H2,1-3H3,(H,24,25,27)/t12-,13+. The van der Waals surface area contributed by atoms with E-state index in [1.165, 1.54) is 39.9 Å². The van der Waals surface area contributed by atoms with Gasteiger partial charge in [-0.3, -0.25) is 10.1 Å². The van der Waals surface area contributed by atoms with Crippen LogP contribution in [0.4, 0.5) is 5.13 Å².